The first-order chi connectivity index (χ1) is 8.79. The molecule has 0 unspecified atom stereocenters. The highest BCUT2D eigenvalue weighted by Gasteiger charge is 2.01. The molecule has 0 aliphatic rings. The zero-order valence-electron chi connectivity index (χ0n) is 10.4. The molecule has 0 spiro atoms. The Morgan fingerprint density at radius 2 is 2.22 bits per heavy atom. The lowest BCUT2D eigenvalue weighted by molar-refractivity contribution is 0.340. The molecule has 0 aliphatic heterocycles. The normalized spacial score (nSPS) is 10.6. The summed E-state index contributed by atoms with van der Waals surface area (Å²) in [6.45, 7) is 1.17. The zero-order valence-corrected chi connectivity index (χ0v) is 11.2. The summed E-state index contributed by atoms with van der Waals surface area (Å²) in [5.74, 6) is 1.77. The van der Waals surface area contributed by atoms with E-state index in [4.69, 9.17) is 10.5 Å². The van der Waals surface area contributed by atoms with Gasteiger partial charge in [0, 0.05) is 36.0 Å². The third-order valence-corrected chi connectivity index (χ3v) is 3.40. The van der Waals surface area contributed by atoms with Gasteiger partial charge >= 0.3 is 0 Å². The highest BCUT2D eigenvalue weighted by Crippen LogP contribution is 2.19. The van der Waals surface area contributed by atoms with Gasteiger partial charge in [0.25, 0.3) is 0 Å². The second-order valence-electron chi connectivity index (χ2n) is 3.86. The maximum atomic E-state index is 5.73. The number of hydrogen-bond acceptors (Lipinski definition) is 4. The zero-order chi connectivity index (χ0) is 12.8. The van der Waals surface area contributed by atoms with Crippen molar-refractivity contribution in [3.05, 3.63) is 42.2 Å². The molecular formula is C13H17N3OS. The van der Waals surface area contributed by atoms with Gasteiger partial charge in [-0.3, -0.25) is 4.68 Å². The molecule has 0 fully saturated rings. The number of para-hydroxylation sites is 1. The molecule has 0 saturated heterocycles. The Balaban J connectivity index is 1.78. The Morgan fingerprint density at radius 3 is 2.94 bits per heavy atom. The number of hydrogen-bond donors (Lipinski definition) is 1. The molecule has 1 aromatic carbocycles. The van der Waals surface area contributed by atoms with E-state index in [-0.39, 0.29) is 0 Å². The fourth-order valence-electron chi connectivity index (χ4n) is 1.60. The Morgan fingerprint density at radius 1 is 1.39 bits per heavy atom. The number of thioether (sulfide) groups is 1. The van der Waals surface area contributed by atoms with Gasteiger partial charge < -0.3 is 10.5 Å². The summed E-state index contributed by atoms with van der Waals surface area (Å²) >= 11 is 1.73. The third-order valence-electron chi connectivity index (χ3n) is 2.48. The van der Waals surface area contributed by atoms with E-state index in [0.717, 1.165) is 22.0 Å². The summed E-state index contributed by atoms with van der Waals surface area (Å²) < 4.78 is 7.53. The smallest absolute Gasteiger partial charge is 0.123 e. The topological polar surface area (TPSA) is 53.1 Å². The molecule has 0 radical (unpaired) electrons. The standard InChI is InChI=1S/C13H17N3OS/c1-16-10-12(9-15-16)18-7-6-17-13-5-3-2-4-11(13)8-14/h2-5,9-10H,6-8,14H2,1H3. The van der Waals surface area contributed by atoms with E-state index in [0.29, 0.717) is 13.2 Å². The van der Waals surface area contributed by atoms with E-state index in [9.17, 15) is 0 Å². The second kappa shape index (κ2) is 6.47. The molecule has 0 amide bonds. The van der Waals surface area contributed by atoms with Crippen LogP contribution in [-0.2, 0) is 13.6 Å². The fourth-order valence-corrected chi connectivity index (χ4v) is 2.35. The molecule has 1 aromatic heterocycles. The molecule has 2 rings (SSSR count). The number of aryl methyl sites for hydroxylation is 1. The minimum atomic E-state index is 0.506. The summed E-state index contributed by atoms with van der Waals surface area (Å²) in [5.41, 5.74) is 6.70. The van der Waals surface area contributed by atoms with Crippen molar-refractivity contribution < 1.29 is 4.74 Å². The molecule has 0 saturated carbocycles. The van der Waals surface area contributed by atoms with Crippen LogP contribution in [-0.4, -0.2) is 22.1 Å². The van der Waals surface area contributed by atoms with Gasteiger partial charge in [-0.2, -0.15) is 5.10 Å². The second-order valence-corrected chi connectivity index (χ2v) is 5.03. The van der Waals surface area contributed by atoms with Crippen molar-refractivity contribution >= 4 is 11.8 Å². The Bertz CT molecular complexity index is 498. The summed E-state index contributed by atoms with van der Waals surface area (Å²) in [6.07, 6.45) is 3.86. The van der Waals surface area contributed by atoms with Crippen molar-refractivity contribution in [1.29, 1.82) is 0 Å². The van der Waals surface area contributed by atoms with E-state index in [1.165, 1.54) is 0 Å². The average molecular weight is 263 g/mol. The van der Waals surface area contributed by atoms with Crippen molar-refractivity contribution in [2.24, 2.45) is 12.8 Å². The predicted molar refractivity (Wildman–Crippen MR) is 73.8 cm³/mol. The molecule has 0 atom stereocenters. The fraction of sp³-hybridized carbons (Fsp3) is 0.308. The van der Waals surface area contributed by atoms with Crippen molar-refractivity contribution in [3.8, 4) is 5.75 Å². The Kier molecular flexibility index (Phi) is 4.66. The highest BCUT2D eigenvalue weighted by atomic mass is 32.2. The number of aromatic nitrogens is 2. The van der Waals surface area contributed by atoms with Crippen molar-refractivity contribution in [2.45, 2.75) is 11.4 Å². The van der Waals surface area contributed by atoms with E-state index in [1.807, 2.05) is 43.7 Å². The van der Waals surface area contributed by atoms with Crippen LogP contribution in [0.25, 0.3) is 0 Å². The van der Waals surface area contributed by atoms with Gasteiger partial charge in [-0.1, -0.05) is 18.2 Å². The van der Waals surface area contributed by atoms with E-state index >= 15 is 0 Å². The van der Waals surface area contributed by atoms with E-state index in [2.05, 4.69) is 5.10 Å². The predicted octanol–water partition coefficient (Wildman–Crippen LogP) is 2.05. The molecule has 1 heterocycles. The van der Waals surface area contributed by atoms with Gasteiger partial charge in [0.1, 0.15) is 5.75 Å². The largest absolute Gasteiger partial charge is 0.492 e. The van der Waals surface area contributed by atoms with Crippen molar-refractivity contribution in [1.82, 2.24) is 9.78 Å². The highest BCUT2D eigenvalue weighted by molar-refractivity contribution is 7.99. The van der Waals surface area contributed by atoms with Gasteiger partial charge in [-0.15, -0.1) is 11.8 Å². The number of benzene rings is 1. The monoisotopic (exact) mass is 263 g/mol. The first kappa shape index (κ1) is 13.0. The molecule has 96 valence electrons. The van der Waals surface area contributed by atoms with Crippen LogP contribution in [0.4, 0.5) is 0 Å². The van der Waals surface area contributed by atoms with Gasteiger partial charge in [0.15, 0.2) is 0 Å². The quantitative estimate of drug-likeness (QED) is 0.640. The molecule has 0 aliphatic carbocycles. The van der Waals surface area contributed by atoms with Crippen LogP contribution in [0.1, 0.15) is 5.56 Å². The van der Waals surface area contributed by atoms with Gasteiger partial charge in [-0.25, -0.2) is 0 Å². The van der Waals surface area contributed by atoms with Crippen molar-refractivity contribution in [2.75, 3.05) is 12.4 Å². The minimum absolute atomic E-state index is 0.506. The third kappa shape index (κ3) is 3.51. The first-order valence-corrected chi connectivity index (χ1v) is 6.80. The summed E-state index contributed by atoms with van der Waals surface area (Å²) in [7, 11) is 1.91. The first-order valence-electron chi connectivity index (χ1n) is 5.82. The number of nitrogens with two attached hydrogens (primary N) is 1. The van der Waals surface area contributed by atoms with Crippen LogP contribution in [0, 0.1) is 0 Å². The SMILES string of the molecule is Cn1cc(SCCOc2ccccc2CN)cn1. The van der Waals surface area contributed by atoms with Crippen LogP contribution < -0.4 is 10.5 Å². The molecule has 0 bridgehead atoms. The number of nitrogens with zero attached hydrogens (tertiary/aromatic N) is 2. The van der Waals surface area contributed by atoms with Crippen LogP contribution in [0.5, 0.6) is 5.75 Å². The summed E-state index contributed by atoms with van der Waals surface area (Å²) in [4.78, 5) is 1.16. The molecule has 2 aromatic rings. The van der Waals surface area contributed by atoms with Crippen molar-refractivity contribution in [3.63, 3.8) is 0 Å². The van der Waals surface area contributed by atoms with Crippen LogP contribution >= 0.6 is 11.8 Å². The lowest BCUT2D eigenvalue weighted by Crippen LogP contribution is -2.05. The van der Waals surface area contributed by atoms with Crippen LogP contribution in [0.2, 0.25) is 0 Å². The van der Waals surface area contributed by atoms with Crippen LogP contribution in [0.3, 0.4) is 0 Å². The summed E-state index contributed by atoms with van der Waals surface area (Å²) in [6, 6.07) is 7.88. The van der Waals surface area contributed by atoms with Gasteiger partial charge in [0.2, 0.25) is 0 Å². The van der Waals surface area contributed by atoms with Crippen LogP contribution in [0.15, 0.2) is 41.6 Å². The van der Waals surface area contributed by atoms with Gasteiger partial charge in [-0.05, 0) is 6.07 Å². The van der Waals surface area contributed by atoms with E-state index < -0.39 is 0 Å². The maximum Gasteiger partial charge on any atom is 0.123 e. The van der Waals surface area contributed by atoms with Gasteiger partial charge in [0.05, 0.1) is 12.8 Å². The van der Waals surface area contributed by atoms with E-state index in [1.54, 1.807) is 16.4 Å². The average Bonchev–Trinajstić information content (AvgIpc) is 2.81. The molecular weight excluding hydrogens is 246 g/mol. The minimum Gasteiger partial charge on any atom is -0.492 e. The molecule has 4 nitrogen and oxygen atoms in total. The Hall–Kier alpha value is -1.46. The number of rotatable bonds is 6. The molecule has 18 heavy (non-hydrogen) atoms. The number of ether oxygens (including phenoxy) is 1. The lowest BCUT2D eigenvalue weighted by Gasteiger charge is -2.09. The maximum absolute atomic E-state index is 5.73. The lowest BCUT2D eigenvalue weighted by atomic mass is 10.2. The summed E-state index contributed by atoms with van der Waals surface area (Å²) in [5, 5.41) is 4.12. The molecule has 2 N–H and O–H groups in total. The Labute approximate surface area is 111 Å². The molecule has 5 heteroatoms.